The van der Waals surface area contributed by atoms with E-state index >= 15 is 0 Å². The van der Waals surface area contributed by atoms with E-state index in [0.29, 0.717) is 58.3 Å². The van der Waals surface area contributed by atoms with Crippen molar-refractivity contribution in [3.63, 3.8) is 0 Å². The van der Waals surface area contributed by atoms with Crippen molar-refractivity contribution in [3.8, 4) is 0 Å². The third-order valence-corrected chi connectivity index (χ3v) is 6.10. The molecule has 6 nitrogen and oxygen atoms in total. The van der Waals surface area contributed by atoms with Gasteiger partial charge in [0, 0.05) is 40.0 Å². The summed E-state index contributed by atoms with van der Waals surface area (Å²) in [5, 5.41) is 0. The van der Waals surface area contributed by atoms with Gasteiger partial charge in [0.05, 0.1) is 39.6 Å². The van der Waals surface area contributed by atoms with Crippen LogP contribution in [-0.4, -0.2) is 87.7 Å². The lowest BCUT2D eigenvalue weighted by molar-refractivity contribution is 0.0655. The lowest BCUT2D eigenvalue weighted by atomic mass is 10.8. The number of hydrogen-bond acceptors (Lipinski definition) is 6. The standard InChI is InChI=1S/C14H30O6Si/c1-5-21(12-18-9-6-15-2,13-19-10-7-16-3)14-20-11-8-17-4/h5H,1,6-14H2,2-4H3. The second-order valence-electron chi connectivity index (χ2n) is 4.70. The molecule has 21 heavy (non-hydrogen) atoms. The fourth-order valence-electron chi connectivity index (χ4n) is 1.55. The number of ether oxygens (including phenoxy) is 6. The topological polar surface area (TPSA) is 55.4 Å². The Morgan fingerprint density at radius 2 is 1.00 bits per heavy atom. The SMILES string of the molecule is C=C[Si](COCCOC)(COCCOC)COCCOC. The summed E-state index contributed by atoms with van der Waals surface area (Å²) in [6, 6.07) is 0. The van der Waals surface area contributed by atoms with Gasteiger partial charge >= 0.3 is 0 Å². The summed E-state index contributed by atoms with van der Waals surface area (Å²) in [4.78, 5) is 0. The molecule has 126 valence electrons. The fraction of sp³-hybridized carbons (Fsp3) is 0.857. The van der Waals surface area contributed by atoms with E-state index in [-0.39, 0.29) is 0 Å². The van der Waals surface area contributed by atoms with Crippen molar-refractivity contribution < 1.29 is 28.4 Å². The van der Waals surface area contributed by atoms with E-state index in [2.05, 4.69) is 6.58 Å². The Balaban J connectivity index is 4.26. The normalized spacial score (nSPS) is 11.8. The molecule has 0 radical (unpaired) electrons. The van der Waals surface area contributed by atoms with E-state index in [9.17, 15) is 0 Å². The number of hydrogen-bond donors (Lipinski definition) is 0. The van der Waals surface area contributed by atoms with Gasteiger partial charge in [-0.2, -0.15) is 0 Å². The van der Waals surface area contributed by atoms with Gasteiger partial charge in [-0.25, -0.2) is 0 Å². The van der Waals surface area contributed by atoms with Gasteiger partial charge in [-0.15, -0.1) is 6.58 Å². The van der Waals surface area contributed by atoms with Crippen LogP contribution in [0.5, 0.6) is 0 Å². The number of rotatable bonds is 16. The predicted molar refractivity (Wildman–Crippen MR) is 84.0 cm³/mol. The van der Waals surface area contributed by atoms with Crippen LogP contribution in [0, 0.1) is 0 Å². The summed E-state index contributed by atoms with van der Waals surface area (Å²) in [7, 11) is 2.98. The lowest BCUT2D eigenvalue weighted by Gasteiger charge is -2.27. The predicted octanol–water partition coefficient (Wildman–Crippen LogP) is 0.767. The summed E-state index contributed by atoms with van der Waals surface area (Å²) >= 11 is 0. The maximum atomic E-state index is 5.69. The third-order valence-electron chi connectivity index (χ3n) is 2.90. The van der Waals surface area contributed by atoms with Crippen molar-refractivity contribution >= 4 is 8.07 Å². The van der Waals surface area contributed by atoms with E-state index in [1.54, 1.807) is 21.3 Å². The fourth-order valence-corrected chi connectivity index (χ4v) is 3.81. The molecule has 0 aromatic carbocycles. The van der Waals surface area contributed by atoms with Crippen molar-refractivity contribution in [2.75, 3.05) is 79.7 Å². The minimum absolute atomic E-state index is 0.565. The van der Waals surface area contributed by atoms with Crippen LogP contribution in [-0.2, 0) is 28.4 Å². The Hall–Kier alpha value is -0.283. The summed E-state index contributed by atoms with van der Waals surface area (Å²) in [5.74, 6) is 0. The van der Waals surface area contributed by atoms with Gasteiger partial charge in [-0.3, -0.25) is 0 Å². The van der Waals surface area contributed by atoms with Crippen molar-refractivity contribution in [3.05, 3.63) is 12.3 Å². The van der Waals surface area contributed by atoms with E-state index in [4.69, 9.17) is 28.4 Å². The average Bonchev–Trinajstić information content (AvgIpc) is 2.51. The van der Waals surface area contributed by atoms with Crippen molar-refractivity contribution in [2.45, 2.75) is 0 Å². The summed E-state index contributed by atoms with van der Waals surface area (Å²) in [6.45, 7) is 7.39. The Labute approximate surface area is 129 Å². The summed E-state index contributed by atoms with van der Waals surface area (Å²) in [5.41, 5.74) is 1.97. The van der Waals surface area contributed by atoms with E-state index in [1.165, 1.54) is 0 Å². The van der Waals surface area contributed by atoms with E-state index in [1.807, 2.05) is 5.70 Å². The second-order valence-corrected chi connectivity index (χ2v) is 8.70. The molecule has 0 amide bonds. The zero-order valence-electron chi connectivity index (χ0n) is 13.6. The van der Waals surface area contributed by atoms with Crippen LogP contribution in [0.1, 0.15) is 0 Å². The smallest absolute Gasteiger partial charge is 0.161 e. The largest absolute Gasteiger partial charge is 0.382 e. The highest BCUT2D eigenvalue weighted by Crippen LogP contribution is 2.08. The molecule has 0 saturated carbocycles. The lowest BCUT2D eigenvalue weighted by Crippen LogP contribution is -2.50. The minimum Gasteiger partial charge on any atom is -0.382 e. The molecular formula is C14H30O6Si. The first-order valence-electron chi connectivity index (χ1n) is 7.08. The maximum absolute atomic E-state index is 5.69. The van der Waals surface area contributed by atoms with E-state index in [0.717, 1.165) is 0 Å². The van der Waals surface area contributed by atoms with Crippen LogP contribution in [0.3, 0.4) is 0 Å². The maximum Gasteiger partial charge on any atom is 0.161 e. The minimum atomic E-state index is -1.99. The molecule has 0 atom stereocenters. The molecule has 0 aliphatic rings. The quantitative estimate of drug-likeness (QED) is 0.309. The van der Waals surface area contributed by atoms with Crippen LogP contribution in [0.4, 0.5) is 0 Å². The zero-order chi connectivity index (χ0) is 15.8. The molecular weight excluding hydrogens is 292 g/mol. The van der Waals surface area contributed by atoms with Crippen LogP contribution in [0.2, 0.25) is 0 Å². The highest BCUT2D eigenvalue weighted by atomic mass is 28.3. The van der Waals surface area contributed by atoms with E-state index < -0.39 is 8.07 Å². The first-order chi connectivity index (χ1) is 10.2. The molecule has 0 saturated heterocycles. The molecule has 7 heteroatoms. The Morgan fingerprint density at radius 1 is 0.667 bits per heavy atom. The summed E-state index contributed by atoms with van der Waals surface area (Å²) in [6.07, 6.45) is 1.83. The molecule has 0 spiro atoms. The second kappa shape index (κ2) is 14.6. The first kappa shape index (κ1) is 20.7. The van der Waals surface area contributed by atoms with Crippen molar-refractivity contribution in [1.82, 2.24) is 0 Å². The average molecular weight is 322 g/mol. The van der Waals surface area contributed by atoms with Gasteiger partial charge in [0.2, 0.25) is 0 Å². The Morgan fingerprint density at radius 3 is 1.24 bits per heavy atom. The highest BCUT2D eigenvalue weighted by molar-refractivity contribution is 6.84. The molecule has 0 aromatic rings. The number of methoxy groups -OCH3 is 3. The zero-order valence-corrected chi connectivity index (χ0v) is 14.6. The van der Waals surface area contributed by atoms with Crippen LogP contribution >= 0.6 is 0 Å². The van der Waals surface area contributed by atoms with Gasteiger partial charge in [-0.1, -0.05) is 5.70 Å². The molecule has 0 N–H and O–H groups in total. The molecule has 0 heterocycles. The third kappa shape index (κ3) is 11.0. The van der Waals surface area contributed by atoms with Gasteiger partial charge in [0.1, 0.15) is 0 Å². The highest BCUT2D eigenvalue weighted by Gasteiger charge is 2.31. The molecule has 0 aliphatic heterocycles. The van der Waals surface area contributed by atoms with Gasteiger partial charge in [0.25, 0.3) is 0 Å². The van der Waals surface area contributed by atoms with Gasteiger partial charge < -0.3 is 28.4 Å². The Kier molecular flexibility index (Phi) is 14.4. The Bertz CT molecular complexity index is 208. The molecule has 0 unspecified atom stereocenters. The van der Waals surface area contributed by atoms with Crippen LogP contribution < -0.4 is 0 Å². The van der Waals surface area contributed by atoms with Crippen molar-refractivity contribution in [1.29, 1.82) is 0 Å². The monoisotopic (exact) mass is 322 g/mol. The van der Waals surface area contributed by atoms with Crippen molar-refractivity contribution in [2.24, 2.45) is 0 Å². The molecule has 0 aromatic heterocycles. The molecule has 0 rings (SSSR count). The van der Waals surface area contributed by atoms with Gasteiger partial charge in [-0.05, 0) is 0 Å². The summed E-state index contributed by atoms with van der Waals surface area (Å²) < 4.78 is 32.0. The van der Waals surface area contributed by atoms with Crippen LogP contribution in [0.15, 0.2) is 12.3 Å². The molecule has 0 bridgehead atoms. The first-order valence-corrected chi connectivity index (χ1v) is 9.78. The molecule has 0 aliphatic carbocycles. The molecule has 0 fully saturated rings. The van der Waals surface area contributed by atoms with Gasteiger partial charge in [0.15, 0.2) is 8.07 Å². The van der Waals surface area contributed by atoms with Crippen LogP contribution in [0.25, 0.3) is 0 Å².